The molecule has 0 spiro atoms. The molecule has 34 heavy (non-hydrogen) atoms. The molecule has 0 fully saturated rings. The van der Waals surface area contributed by atoms with Crippen LogP contribution in [0.25, 0.3) is 0 Å². The molecule has 0 aliphatic carbocycles. The highest BCUT2D eigenvalue weighted by Crippen LogP contribution is 2.30. The van der Waals surface area contributed by atoms with E-state index in [1.165, 1.54) is 38.6 Å². The summed E-state index contributed by atoms with van der Waals surface area (Å²) in [5.74, 6) is 1.64. The Morgan fingerprint density at radius 1 is 0.941 bits per heavy atom. The lowest BCUT2D eigenvalue weighted by Gasteiger charge is -2.13. The second kappa shape index (κ2) is 11.6. The van der Waals surface area contributed by atoms with Gasteiger partial charge in [0, 0.05) is 16.7 Å². The van der Waals surface area contributed by atoms with E-state index in [1.807, 2.05) is 25.1 Å². The van der Waals surface area contributed by atoms with Gasteiger partial charge in [-0.3, -0.25) is 0 Å². The van der Waals surface area contributed by atoms with Gasteiger partial charge >= 0.3 is 0 Å². The quantitative estimate of drug-likeness (QED) is 0.302. The van der Waals surface area contributed by atoms with Crippen molar-refractivity contribution in [1.29, 1.82) is 0 Å². The van der Waals surface area contributed by atoms with Crippen molar-refractivity contribution < 1.29 is 27.4 Å². The van der Waals surface area contributed by atoms with Gasteiger partial charge in [-0.05, 0) is 48.9 Å². The summed E-state index contributed by atoms with van der Waals surface area (Å²) in [5, 5.41) is 4.50. The van der Waals surface area contributed by atoms with Crippen molar-refractivity contribution in [3.8, 4) is 23.0 Å². The van der Waals surface area contributed by atoms with Crippen LogP contribution in [-0.2, 0) is 16.6 Å². The molecule has 0 saturated heterocycles. The van der Waals surface area contributed by atoms with E-state index in [0.29, 0.717) is 34.4 Å². The topological polar surface area (TPSA) is 95.5 Å². The number of hydrazone groups is 1. The highest BCUT2D eigenvalue weighted by Gasteiger charge is 2.19. The van der Waals surface area contributed by atoms with Gasteiger partial charge in [0.05, 0.1) is 27.0 Å². The van der Waals surface area contributed by atoms with E-state index < -0.39 is 10.0 Å². The molecule has 3 aromatic rings. The minimum Gasteiger partial charge on any atom is -0.497 e. The number of ether oxygens (including phenoxy) is 4. The van der Waals surface area contributed by atoms with Crippen LogP contribution in [0.1, 0.15) is 18.1 Å². The molecular weight excluding hydrogens is 480 g/mol. The van der Waals surface area contributed by atoms with Crippen LogP contribution in [0.4, 0.5) is 0 Å². The van der Waals surface area contributed by atoms with Crippen molar-refractivity contribution in [3.05, 3.63) is 76.8 Å². The second-order valence-corrected chi connectivity index (χ2v) is 8.93. The van der Waals surface area contributed by atoms with Crippen LogP contribution in [0.15, 0.2) is 70.7 Å². The summed E-state index contributed by atoms with van der Waals surface area (Å²) >= 11 is 6.19. The maximum atomic E-state index is 12.7. The number of hydrogen-bond acceptors (Lipinski definition) is 7. The molecule has 0 bridgehead atoms. The summed E-state index contributed by atoms with van der Waals surface area (Å²) in [7, 11) is -1.11. The standard InChI is InChI=1S/C24H25ClN2O6S/c1-4-32-22-13-17(9-11-21(22)33-16-18-7-5-6-8-20(18)25)15-26-27-34(28,29)24-12-10-19(30-2)14-23(24)31-3/h5-15,27H,4,16H2,1-3H3. The number of rotatable bonds is 11. The Kier molecular flexibility index (Phi) is 8.61. The van der Waals surface area contributed by atoms with Crippen LogP contribution < -0.4 is 23.8 Å². The van der Waals surface area contributed by atoms with Crippen LogP contribution >= 0.6 is 11.6 Å². The largest absolute Gasteiger partial charge is 0.497 e. The number of halogens is 1. The summed E-state index contributed by atoms with van der Waals surface area (Å²) in [6, 6.07) is 17.0. The molecule has 0 aliphatic heterocycles. The Hall–Kier alpha value is -3.43. The van der Waals surface area contributed by atoms with Gasteiger partial charge in [0.1, 0.15) is 23.0 Å². The fourth-order valence-corrected chi connectivity index (χ4v) is 4.11. The molecule has 180 valence electrons. The lowest BCUT2D eigenvalue weighted by atomic mass is 10.2. The third-order valence-corrected chi connectivity index (χ3v) is 6.29. The zero-order valence-corrected chi connectivity index (χ0v) is 20.5. The number of methoxy groups -OCH3 is 2. The van der Waals surface area contributed by atoms with Crippen LogP contribution in [0, 0.1) is 0 Å². The van der Waals surface area contributed by atoms with Gasteiger partial charge < -0.3 is 18.9 Å². The predicted molar refractivity (Wildman–Crippen MR) is 131 cm³/mol. The molecule has 0 saturated carbocycles. The summed E-state index contributed by atoms with van der Waals surface area (Å²) in [6.45, 7) is 2.55. The predicted octanol–water partition coefficient (Wildman–Crippen LogP) is 4.65. The first kappa shape index (κ1) is 25.2. The normalized spacial score (nSPS) is 11.3. The maximum absolute atomic E-state index is 12.7. The Morgan fingerprint density at radius 2 is 1.74 bits per heavy atom. The molecule has 0 unspecified atom stereocenters. The summed E-state index contributed by atoms with van der Waals surface area (Å²) < 4.78 is 47.2. The van der Waals surface area contributed by atoms with Crippen molar-refractivity contribution in [2.24, 2.45) is 5.10 Å². The molecule has 0 heterocycles. The first-order chi connectivity index (χ1) is 16.4. The van der Waals surface area contributed by atoms with Gasteiger partial charge in [-0.25, -0.2) is 0 Å². The van der Waals surface area contributed by atoms with Crippen LogP contribution in [-0.4, -0.2) is 35.5 Å². The Labute approximate surface area is 204 Å². The van der Waals surface area contributed by atoms with Crippen molar-refractivity contribution >= 4 is 27.8 Å². The Balaban J connectivity index is 1.74. The molecule has 1 N–H and O–H groups in total. The Bertz CT molecular complexity index is 1260. The molecule has 0 aromatic heterocycles. The maximum Gasteiger partial charge on any atom is 0.280 e. The van der Waals surface area contributed by atoms with Crippen LogP contribution in [0.2, 0.25) is 5.02 Å². The van der Waals surface area contributed by atoms with E-state index in [2.05, 4.69) is 9.93 Å². The molecule has 10 heteroatoms. The van der Waals surface area contributed by atoms with Crippen molar-refractivity contribution in [2.45, 2.75) is 18.4 Å². The molecule has 3 rings (SSSR count). The smallest absolute Gasteiger partial charge is 0.280 e. The summed E-state index contributed by atoms with van der Waals surface area (Å²) in [4.78, 5) is 2.13. The molecule has 3 aromatic carbocycles. The van der Waals surface area contributed by atoms with Crippen molar-refractivity contribution in [2.75, 3.05) is 20.8 Å². The fourth-order valence-electron chi connectivity index (χ4n) is 2.98. The lowest BCUT2D eigenvalue weighted by molar-refractivity contribution is 0.269. The minimum atomic E-state index is -3.97. The molecule has 0 aliphatic rings. The van der Waals surface area contributed by atoms with E-state index in [-0.39, 0.29) is 17.3 Å². The number of benzene rings is 3. The van der Waals surface area contributed by atoms with Gasteiger partial charge in [0.2, 0.25) is 0 Å². The molecule has 8 nitrogen and oxygen atoms in total. The molecule has 0 atom stereocenters. The average Bonchev–Trinajstić information content (AvgIpc) is 2.84. The lowest BCUT2D eigenvalue weighted by Crippen LogP contribution is -2.19. The zero-order valence-electron chi connectivity index (χ0n) is 18.9. The fraction of sp³-hybridized carbons (Fsp3) is 0.208. The first-order valence-electron chi connectivity index (χ1n) is 10.3. The molecular formula is C24H25ClN2O6S. The van der Waals surface area contributed by atoms with Gasteiger partial charge in [-0.2, -0.15) is 18.4 Å². The SMILES string of the molecule is CCOc1cc(C=NNS(=O)(=O)c2ccc(OC)cc2OC)ccc1OCc1ccccc1Cl. The Morgan fingerprint density at radius 3 is 2.44 bits per heavy atom. The van der Waals surface area contributed by atoms with E-state index in [4.69, 9.17) is 30.5 Å². The van der Waals surface area contributed by atoms with E-state index in [0.717, 1.165) is 5.56 Å². The van der Waals surface area contributed by atoms with E-state index in [9.17, 15) is 8.42 Å². The van der Waals surface area contributed by atoms with E-state index in [1.54, 1.807) is 24.3 Å². The number of nitrogens with zero attached hydrogens (tertiary/aromatic N) is 1. The van der Waals surface area contributed by atoms with E-state index >= 15 is 0 Å². The third kappa shape index (κ3) is 6.33. The van der Waals surface area contributed by atoms with Crippen molar-refractivity contribution in [1.82, 2.24) is 4.83 Å². The summed E-state index contributed by atoms with van der Waals surface area (Å²) in [6.07, 6.45) is 1.37. The van der Waals surface area contributed by atoms with Crippen molar-refractivity contribution in [3.63, 3.8) is 0 Å². The van der Waals surface area contributed by atoms with Gasteiger partial charge in [-0.1, -0.05) is 29.8 Å². The first-order valence-corrected chi connectivity index (χ1v) is 12.1. The van der Waals surface area contributed by atoms with Crippen LogP contribution in [0.5, 0.6) is 23.0 Å². The summed E-state index contributed by atoms with van der Waals surface area (Å²) in [5.41, 5.74) is 1.46. The monoisotopic (exact) mass is 504 g/mol. The number of nitrogens with one attached hydrogen (secondary N) is 1. The van der Waals surface area contributed by atoms with Gasteiger partial charge in [0.25, 0.3) is 10.0 Å². The highest BCUT2D eigenvalue weighted by atomic mass is 35.5. The average molecular weight is 505 g/mol. The molecule has 0 radical (unpaired) electrons. The number of sulfonamides is 1. The van der Waals surface area contributed by atoms with Crippen LogP contribution in [0.3, 0.4) is 0 Å². The zero-order chi connectivity index (χ0) is 24.6. The third-order valence-electron chi connectivity index (χ3n) is 4.66. The second-order valence-electron chi connectivity index (χ2n) is 6.89. The van der Waals surface area contributed by atoms with Gasteiger partial charge in [0.15, 0.2) is 11.5 Å². The number of hydrogen-bond donors (Lipinski definition) is 1. The highest BCUT2D eigenvalue weighted by molar-refractivity contribution is 7.89. The van der Waals surface area contributed by atoms with Gasteiger partial charge in [-0.15, -0.1) is 0 Å². The molecule has 0 amide bonds. The minimum absolute atomic E-state index is 0.0636.